The summed E-state index contributed by atoms with van der Waals surface area (Å²) in [7, 11) is 0. The Kier molecular flexibility index (Phi) is 3.30. The van der Waals surface area contributed by atoms with Gasteiger partial charge in [-0.2, -0.15) is 0 Å². The number of ether oxygens (including phenoxy) is 1. The van der Waals surface area contributed by atoms with Gasteiger partial charge >= 0.3 is 6.09 Å². The second-order valence-corrected chi connectivity index (χ2v) is 6.92. The molecule has 1 N–H and O–H groups in total. The molecule has 1 unspecified atom stereocenters. The van der Waals surface area contributed by atoms with Gasteiger partial charge in [0, 0.05) is 12.1 Å². The molecule has 0 aromatic rings. The van der Waals surface area contributed by atoms with E-state index < -0.39 is 11.7 Å². The van der Waals surface area contributed by atoms with Crippen LogP contribution in [0.3, 0.4) is 0 Å². The molecule has 2 aliphatic rings. The molecule has 4 nitrogen and oxygen atoms in total. The summed E-state index contributed by atoms with van der Waals surface area (Å²) < 4.78 is 5.18. The minimum absolute atomic E-state index is 0.271. The van der Waals surface area contributed by atoms with Gasteiger partial charge in [0.1, 0.15) is 5.60 Å². The number of fused-ring (bicyclic) bond motifs is 1. The van der Waals surface area contributed by atoms with Gasteiger partial charge in [0.25, 0.3) is 0 Å². The van der Waals surface area contributed by atoms with Gasteiger partial charge in [-0.15, -0.1) is 0 Å². The van der Waals surface area contributed by atoms with E-state index >= 15 is 0 Å². The Morgan fingerprint density at radius 3 is 2.67 bits per heavy atom. The van der Waals surface area contributed by atoms with E-state index in [1.165, 1.54) is 12.8 Å². The van der Waals surface area contributed by atoms with E-state index in [0.717, 1.165) is 17.5 Å². The maximum atomic E-state index is 11.5. The number of hydrogen-bond donors (Lipinski definition) is 1. The zero-order valence-corrected chi connectivity index (χ0v) is 12.4. The molecule has 2 rings (SSSR count). The average Bonchev–Trinajstić information content (AvgIpc) is 2.75. The fraction of sp³-hybridized carbons (Fsp3) is 0.846. The normalized spacial score (nSPS) is 29.8. The third-order valence-corrected chi connectivity index (χ3v) is 4.15. The van der Waals surface area contributed by atoms with E-state index in [-0.39, 0.29) is 5.54 Å². The Morgan fingerprint density at radius 2 is 2.22 bits per heavy atom. The molecule has 2 fully saturated rings. The van der Waals surface area contributed by atoms with Crippen LogP contribution in [0.5, 0.6) is 0 Å². The number of thiocarbonyl (C=S) groups is 1. The lowest BCUT2D eigenvalue weighted by Gasteiger charge is -2.28. The number of amides is 1. The Bertz CT molecular complexity index is 376. The van der Waals surface area contributed by atoms with E-state index in [0.29, 0.717) is 6.54 Å². The third kappa shape index (κ3) is 2.76. The minimum atomic E-state index is -0.465. The number of nitrogens with zero attached hydrogens (tertiary/aromatic N) is 1. The second kappa shape index (κ2) is 4.37. The molecule has 1 heterocycles. The smallest absolute Gasteiger partial charge is 0.408 e. The molecule has 1 amide bonds. The molecule has 1 aliphatic heterocycles. The molecule has 1 saturated carbocycles. The molecular formula is C13H22N2O2S. The van der Waals surface area contributed by atoms with Crippen molar-refractivity contribution in [2.24, 2.45) is 5.92 Å². The third-order valence-electron chi connectivity index (χ3n) is 3.78. The molecule has 0 spiro atoms. The lowest BCUT2D eigenvalue weighted by atomic mass is 10.2. The molecule has 0 aromatic carbocycles. The van der Waals surface area contributed by atoms with Crippen molar-refractivity contribution in [2.45, 2.75) is 51.7 Å². The summed E-state index contributed by atoms with van der Waals surface area (Å²) in [4.78, 5) is 14.6. The van der Waals surface area contributed by atoms with Gasteiger partial charge in [0.05, 0.1) is 11.5 Å². The highest BCUT2D eigenvalue weighted by atomic mass is 32.1. The molecule has 0 aromatic heterocycles. The van der Waals surface area contributed by atoms with Gasteiger partial charge in [0.2, 0.25) is 0 Å². The molecule has 0 radical (unpaired) electrons. The quantitative estimate of drug-likeness (QED) is 0.782. The maximum absolute atomic E-state index is 11.5. The number of carbonyl (C=O) groups excluding carboxylic acids is 1. The van der Waals surface area contributed by atoms with Crippen LogP contribution < -0.4 is 5.32 Å². The van der Waals surface area contributed by atoms with E-state index in [2.05, 4.69) is 17.1 Å². The zero-order chi connectivity index (χ0) is 13.6. The molecular weight excluding hydrogens is 248 g/mol. The van der Waals surface area contributed by atoms with Crippen LogP contribution in [-0.4, -0.2) is 40.2 Å². The second-order valence-electron chi connectivity index (χ2n) is 6.45. The van der Waals surface area contributed by atoms with Crippen LogP contribution in [0.2, 0.25) is 0 Å². The summed E-state index contributed by atoms with van der Waals surface area (Å²) in [5, 5.41) is 2.73. The van der Waals surface area contributed by atoms with E-state index in [1.54, 1.807) is 0 Å². The fourth-order valence-electron chi connectivity index (χ4n) is 2.69. The number of carbonyl (C=O) groups is 1. The summed E-state index contributed by atoms with van der Waals surface area (Å²) in [6.07, 6.45) is 2.06. The number of alkyl carbamates (subject to hydrolysis) is 1. The lowest BCUT2D eigenvalue weighted by molar-refractivity contribution is 0.0534. The van der Waals surface area contributed by atoms with Crippen LogP contribution in [0.25, 0.3) is 0 Å². The highest BCUT2D eigenvalue weighted by molar-refractivity contribution is 7.80. The van der Waals surface area contributed by atoms with Gasteiger partial charge < -0.3 is 15.0 Å². The van der Waals surface area contributed by atoms with Crippen molar-refractivity contribution in [3.63, 3.8) is 0 Å². The van der Waals surface area contributed by atoms with E-state index in [4.69, 9.17) is 17.0 Å². The SMILES string of the molecule is CC(C)(C)OC(=O)NCC(=S)N1CCC2C[C@]21C. The standard InChI is InChI=1S/C13H22N2O2S/c1-12(2,3)17-11(16)14-8-10(18)15-6-5-9-7-13(9,15)4/h9H,5-8H2,1-4H3,(H,14,16)/t9?,13-/m1/s1. The lowest BCUT2D eigenvalue weighted by Crippen LogP contribution is -2.44. The van der Waals surface area contributed by atoms with Crippen LogP contribution in [-0.2, 0) is 4.74 Å². The molecule has 102 valence electrons. The zero-order valence-electron chi connectivity index (χ0n) is 11.6. The summed E-state index contributed by atoms with van der Waals surface area (Å²) in [6, 6.07) is 0. The van der Waals surface area contributed by atoms with Crippen LogP contribution in [0.15, 0.2) is 0 Å². The highest BCUT2D eigenvalue weighted by Crippen LogP contribution is 2.55. The van der Waals surface area contributed by atoms with Crippen molar-refractivity contribution < 1.29 is 9.53 Å². The van der Waals surface area contributed by atoms with Gasteiger partial charge in [-0.3, -0.25) is 0 Å². The first kappa shape index (κ1) is 13.6. The summed E-state index contributed by atoms with van der Waals surface area (Å²) >= 11 is 5.40. The number of piperidine rings is 1. The first-order chi connectivity index (χ1) is 8.22. The van der Waals surface area contributed by atoms with E-state index in [9.17, 15) is 4.79 Å². The van der Waals surface area contributed by atoms with Crippen molar-refractivity contribution in [3.8, 4) is 0 Å². The largest absolute Gasteiger partial charge is 0.444 e. The van der Waals surface area contributed by atoms with Crippen LogP contribution in [0.4, 0.5) is 4.79 Å². The van der Waals surface area contributed by atoms with Gasteiger partial charge in [0.15, 0.2) is 0 Å². The number of nitrogens with one attached hydrogen (secondary N) is 1. The monoisotopic (exact) mass is 270 g/mol. The van der Waals surface area contributed by atoms with Gasteiger partial charge in [-0.05, 0) is 46.5 Å². The summed E-state index contributed by atoms with van der Waals surface area (Å²) in [5.41, 5.74) is -0.195. The Morgan fingerprint density at radius 1 is 1.56 bits per heavy atom. The Labute approximate surface area is 114 Å². The van der Waals surface area contributed by atoms with Gasteiger partial charge in [-0.25, -0.2) is 4.79 Å². The Hall–Kier alpha value is -0.840. The van der Waals surface area contributed by atoms with Gasteiger partial charge in [-0.1, -0.05) is 12.2 Å². The number of hydrogen-bond acceptors (Lipinski definition) is 3. The molecule has 2 atom stereocenters. The van der Waals surface area contributed by atoms with Crippen molar-refractivity contribution in [3.05, 3.63) is 0 Å². The van der Waals surface area contributed by atoms with Crippen LogP contribution in [0, 0.1) is 5.92 Å². The van der Waals surface area contributed by atoms with Crippen molar-refractivity contribution in [2.75, 3.05) is 13.1 Å². The van der Waals surface area contributed by atoms with Crippen LogP contribution >= 0.6 is 12.2 Å². The number of rotatable bonds is 2. The molecule has 0 bridgehead atoms. The predicted octanol–water partition coefficient (Wildman–Crippen LogP) is 2.32. The Balaban J connectivity index is 1.77. The molecule has 1 saturated heterocycles. The molecule has 1 aliphatic carbocycles. The average molecular weight is 270 g/mol. The first-order valence-electron chi connectivity index (χ1n) is 6.50. The van der Waals surface area contributed by atoms with Crippen LogP contribution in [0.1, 0.15) is 40.5 Å². The van der Waals surface area contributed by atoms with Crippen molar-refractivity contribution in [1.82, 2.24) is 10.2 Å². The van der Waals surface area contributed by atoms with E-state index in [1.807, 2.05) is 20.8 Å². The molecule has 18 heavy (non-hydrogen) atoms. The predicted molar refractivity (Wildman–Crippen MR) is 74.7 cm³/mol. The fourth-order valence-corrected chi connectivity index (χ4v) is 3.06. The van der Waals surface area contributed by atoms with Crippen molar-refractivity contribution >= 4 is 23.3 Å². The maximum Gasteiger partial charge on any atom is 0.408 e. The minimum Gasteiger partial charge on any atom is -0.444 e. The highest BCUT2D eigenvalue weighted by Gasteiger charge is 2.58. The topological polar surface area (TPSA) is 41.6 Å². The van der Waals surface area contributed by atoms with Crippen molar-refractivity contribution in [1.29, 1.82) is 0 Å². The molecule has 5 heteroatoms. The summed E-state index contributed by atoms with van der Waals surface area (Å²) in [5.74, 6) is 0.803. The summed E-state index contributed by atoms with van der Waals surface area (Å²) in [6.45, 7) is 9.22. The first-order valence-corrected chi connectivity index (χ1v) is 6.90. The number of likely N-dealkylation sites (tertiary alicyclic amines) is 1.